The van der Waals surface area contributed by atoms with Crippen molar-refractivity contribution in [3.63, 3.8) is 0 Å². The van der Waals surface area contributed by atoms with Crippen LogP contribution in [0.5, 0.6) is 23.0 Å². The summed E-state index contributed by atoms with van der Waals surface area (Å²) in [7, 11) is 0. The maximum Gasteiger partial charge on any atom is 0.417 e. The molecule has 6 aromatic carbocycles. The Labute approximate surface area is 448 Å². The minimum Gasteiger partial charge on any atom is -0.451 e. The van der Waals surface area contributed by atoms with E-state index in [1.54, 1.807) is 10.6 Å². The number of alkyl halides is 3. The van der Waals surface area contributed by atoms with Gasteiger partial charge in [0.1, 0.15) is 29.0 Å². The maximum atomic E-state index is 16.1. The maximum absolute atomic E-state index is 16.1. The van der Waals surface area contributed by atoms with Crippen LogP contribution in [0, 0.1) is 40.7 Å². The standard InChI is InChI=1S/C51H34Cl2F10N10O6/c52-30-5-1-25(17-29(30)51(61,62)63)72(49(74)68-39-21-33(55)47(45(59)43(39)57)78-27-3-7-35-37(19-27)66-41(23-64-35)70-9-13-76-14-10-70)73(26-2-6-31(53)32(54)18-26)50(75)69-40-22-34(56)48(46(60)44(40)58)79-28-4-8-36-38(20-28)67-42(24-65-36)71-11-15-77-16-12-71/h1-8,17-24H,9-16H2,(H,68,74)(H,69,75). The average molecular weight is 1140 g/mol. The molecule has 4 heterocycles. The van der Waals surface area contributed by atoms with E-state index in [4.69, 9.17) is 42.1 Å². The van der Waals surface area contributed by atoms with Crippen LogP contribution in [0.25, 0.3) is 22.1 Å². The molecule has 2 aliphatic rings. The van der Waals surface area contributed by atoms with Crippen LogP contribution in [-0.4, -0.2) is 84.6 Å². The minimum atomic E-state index is -5.29. The van der Waals surface area contributed by atoms with Gasteiger partial charge in [0.15, 0.2) is 23.3 Å². The third kappa shape index (κ3) is 11.3. The zero-order valence-corrected chi connectivity index (χ0v) is 41.5. The molecule has 16 nitrogen and oxygen atoms in total. The van der Waals surface area contributed by atoms with Crippen LogP contribution >= 0.6 is 23.2 Å². The zero-order chi connectivity index (χ0) is 55.9. The Morgan fingerprint density at radius 2 is 0.962 bits per heavy atom. The van der Waals surface area contributed by atoms with Crippen molar-refractivity contribution in [2.24, 2.45) is 0 Å². The lowest BCUT2D eigenvalue weighted by molar-refractivity contribution is -0.137. The fraction of sp³-hybridized carbons (Fsp3) is 0.176. The van der Waals surface area contributed by atoms with Crippen LogP contribution in [0.1, 0.15) is 5.56 Å². The van der Waals surface area contributed by atoms with Crippen molar-refractivity contribution < 1.29 is 72.4 Å². The van der Waals surface area contributed by atoms with E-state index in [0.29, 0.717) is 93.5 Å². The number of rotatable bonds is 10. The molecule has 79 heavy (non-hydrogen) atoms. The summed E-state index contributed by atoms with van der Waals surface area (Å²) in [4.78, 5) is 50.6. The fourth-order valence-corrected chi connectivity index (χ4v) is 8.55. The highest BCUT2D eigenvalue weighted by molar-refractivity contribution is 6.31. The largest absolute Gasteiger partial charge is 0.451 e. The van der Waals surface area contributed by atoms with Crippen LogP contribution in [-0.2, 0) is 15.7 Å². The number of morpholine rings is 2. The van der Waals surface area contributed by atoms with Gasteiger partial charge in [0.2, 0.25) is 23.1 Å². The highest BCUT2D eigenvalue weighted by atomic mass is 35.5. The first-order chi connectivity index (χ1) is 37.8. The number of nitrogens with zero attached hydrogens (tertiary/aromatic N) is 8. The Balaban J connectivity index is 0.980. The van der Waals surface area contributed by atoms with E-state index in [1.807, 2.05) is 9.80 Å². The number of nitrogens with one attached hydrogen (secondary N) is 2. The van der Waals surface area contributed by atoms with Gasteiger partial charge < -0.3 is 39.4 Å². The normalized spacial score (nSPS) is 13.9. The molecule has 0 spiro atoms. The monoisotopic (exact) mass is 1140 g/mol. The Kier molecular flexibility index (Phi) is 15.1. The van der Waals surface area contributed by atoms with Gasteiger partial charge in [-0.15, -0.1) is 0 Å². The average Bonchev–Trinajstić information content (AvgIpc) is 3.55. The Hall–Kier alpha value is -8.46. The van der Waals surface area contributed by atoms with Crippen LogP contribution in [0.3, 0.4) is 0 Å². The first-order valence-electron chi connectivity index (χ1n) is 23.2. The molecule has 2 saturated heterocycles. The fourth-order valence-electron chi connectivity index (χ4n) is 8.20. The second kappa shape index (κ2) is 22.1. The Bertz CT molecular complexity index is 3710. The number of hydrazine groups is 1. The van der Waals surface area contributed by atoms with Crippen molar-refractivity contribution in [1.29, 1.82) is 0 Å². The van der Waals surface area contributed by atoms with Gasteiger partial charge in [-0.3, -0.25) is 9.97 Å². The van der Waals surface area contributed by atoms with Crippen molar-refractivity contribution in [2.45, 2.75) is 6.18 Å². The number of anilines is 6. The van der Waals surface area contributed by atoms with Crippen LogP contribution in [0.2, 0.25) is 10.0 Å². The van der Waals surface area contributed by atoms with Gasteiger partial charge in [-0.05, 0) is 54.6 Å². The predicted octanol–water partition coefficient (Wildman–Crippen LogP) is 12.8. The molecular formula is C51H34Cl2F10N10O6. The van der Waals surface area contributed by atoms with Crippen molar-refractivity contribution in [3.05, 3.63) is 154 Å². The van der Waals surface area contributed by atoms with Crippen molar-refractivity contribution in [2.75, 3.05) is 83.1 Å². The molecule has 10 rings (SSSR count). The number of carbonyl (C=O) groups excluding carboxylic acids is 2. The third-order valence-electron chi connectivity index (χ3n) is 12.1. The SMILES string of the molecule is O=C(Nc1cc(F)c(Oc2ccc3ncc(N4CCOCC4)nc3c2)c(F)c1F)N(c1ccc(Cl)c(F)c1)N(C(=O)Nc1cc(F)c(Oc2ccc3ncc(N4CCOCC4)nc3c2)c(F)c1F)c1ccc(Cl)c(C(F)(F)F)c1. The Morgan fingerprint density at radius 3 is 1.39 bits per heavy atom. The van der Waals surface area contributed by atoms with Crippen molar-refractivity contribution >= 4 is 91.7 Å². The molecule has 0 aliphatic carbocycles. The molecule has 0 radical (unpaired) electrons. The molecule has 408 valence electrons. The molecule has 2 aliphatic heterocycles. The van der Waals surface area contributed by atoms with Gasteiger partial charge in [-0.1, -0.05) is 23.2 Å². The molecule has 0 saturated carbocycles. The zero-order valence-electron chi connectivity index (χ0n) is 40.0. The number of ether oxygens (including phenoxy) is 4. The number of hydrogen-bond acceptors (Lipinski definition) is 12. The minimum absolute atomic E-state index is 0.00568. The number of benzene rings is 6. The summed E-state index contributed by atoms with van der Waals surface area (Å²) < 4.78 is 176. The van der Waals surface area contributed by atoms with E-state index >= 15 is 30.7 Å². The highest BCUT2D eigenvalue weighted by Crippen LogP contribution is 2.41. The molecule has 8 aromatic rings. The van der Waals surface area contributed by atoms with Gasteiger partial charge in [0.25, 0.3) is 0 Å². The van der Waals surface area contributed by atoms with Crippen molar-refractivity contribution in [3.8, 4) is 23.0 Å². The van der Waals surface area contributed by atoms with Crippen LogP contribution < -0.4 is 39.9 Å². The molecule has 0 atom stereocenters. The van der Waals surface area contributed by atoms with Gasteiger partial charge >= 0.3 is 18.2 Å². The summed E-state index contributed by atoms with van der Waals surface area (Å²) in [6, 6.07) is 8.01. The predicted molar refractivity (Wildman–Crippen MR) is 269 cm³/mol. The molecule has 4 amide bonds. The summed E-state index contributed by atoms with van der Waals surface area (Å²) in [5, 5.41) is 1.91. The van der Waals surface area contributed by atoms with E-state index in [-0.39, 0.29) is 50.7 Å². The first kappa shape index (κ1) is 53.9. The lowest BCUT2D eigenvalue weighted by Crippen LogP contribution is -2.54. The number of aromatic nitrogens is 4. The number of amides is 4. The lowest BCUT2D eigenvalue weighted by Gasteiger charge is -2.35. The van der Waals surface area contributed by atoms with Crippen LogP contribution in [0.4, 0.5) is 87.9 Å². The number of urea groups is 2. The molecular weight excluding hydrogens is 1110 g/mol. The van der Waals surface area contributed by atoms with Gasteiger partial charge in [-0.2, -0.15) is 32.0 Å². The third-order valence-corrected chi connectivity index (χ3v) is 12.7. The quantitative estimate of drug-likeness (QED) is 0.0759. The molecule has 28 heteroatoms. The highest BCUT2D eigenvalue weighted by Gasteiger charge is 2.38. The number of fused-ring (bicyclic) bond motifs is 2. The molecule has 2 N–H and O–H groups in total. The smallest absolute Gasteiger partial charge is 0.417 e. The summed E-state index contributed by atoms with van der Waals surface area (Å²) in [6.45, 7) is 3.74. The molecule has 2 aromatic heterocycles. The van der Waals surface area contributed by atoms with E-state index in [9.17, 15) is 22.8 Å². The van der Waals surface area contributed by atoms with Crippen molar-refractivity contribution in [1.82, 2.24) is 19.9 Å². The van der Waals surface area contributed by atoms with E-state index < -0.39 is 109 Å². The summed E-state index contributed by atoms with van der Waals surface area (Å²) in [5.74, 6) is -15.0. The van der Waals surface area contributed by atoms with Gasteiger partial charge in [0, 0.05) is 56.5 Å². The van der Waals surface area contributed by atoms with Gasteiger partial charge in [-0.25, -0.2) is 41.5 Å². The second-order valence-electron chi connectivity index (χ2n) is 17.1. The number of hydrogen-bond donors (Lipinski definition) is 2. The number of halogens is 12. The lowest BCUT2D eigenvalue weighted by atomic mass is 10.2. The first-order valence-corrected chi connectivity index (χ1v) is 24.0. The molecule has 0 unspecified atom stereocenters. The molecule has 2 fully saturated rings. The van der Waals surface area contributed by atoms with E-state index in [1.165, 1.54) is 48.8 Å². The number of carbonyl (C=O) groups is 2. The topological polar surface area (TPSA) is 160 Å². The molecule has 0 bridgehead atoms. The van der Waals surface area contributed by atoms with E-state index in [2.05, 4.69) is 19.9 Å². The summed E-state index contributed by atoms with van der Waals surface area (Å²) in [6.07, 6.45) is -2.26. The van der Waals surface area contributed by atoms with Crippen LogP contribution in [0.15, 0.2) is 97.3 Å². The second-order valence-corrected chi connectivity index (χ2v) is 17.9. The summed E-state index contributed by atoms with van der Waals surface area (Å²) >= 11 is 11.8. The van der Waals surface area contributed by atoms with Gasteiger partial charge in [0.05, 0.1) is 99.2 Å². The Morgan fingerprint density at radius 1 is 0.532 bits per heavy atom. The summed E-state index contributed by atoms with van der Waals surface area (Å²) in [5.41, 5.74) is -5.06. The van der Waals surface area contributed by atoms with E-state index in [0.717, 1.165) is 12.1 Å².